The minimum absolute atomic E-state index is 0.756. The maximum Gasteiger partial charge on any atom is 0.0178 e. The van der Waals surface area contributed by atoms with Gasteiger partial charge in [0.25, 0.3) is 0 Å². The zero-order chi connectivity index (χ0) is 21.9. The molecular formula is C29H40Br2. The molecule has 31 heavy (non-hydrogen) atoms. The Hall–Kier alpha value is -0.600. The summed E-state index contributed by atoms with van der Waals surface area (Å²) in [6.45, 7) is 2.30. The summed E-state index contributed by atoms with van der Waals surface area (Å²) >= 11 is 7.39. The molecule has 2 aromatic rings. The van der Waals surface area contributed by atoms with Crippen molar-refractivity contribution >= 4 is 31.9 Å². The van der Waals surface area contributed by atoms with Crippen LogP contribution in [-0.2, 0) is 12.8 Å². The molecule has 0 heterocycles. The maximum atomic E-state index is 3.69. The lowest BCUT2D eigenvalue weighted by atomic mass is 9.90. The molecule has 0 radical (unpaired) electrons. The van der Waals surface area contributed by atoms with Crippen LogP contribution in [0.3, 0.4) is 0 Å². The standard InChI is InChI=1S/C29H40Br2/c1-2-3-4-5-6-7-8-9-10-11-12-13-14-23-19-24-21-26(30)15-17-28(24)29-18-16-27(31)22-25(29)20-23/h15-18,21-23H,2-14,19-20H2,1H3. The third-order valence-corrected chi connectivity index (χ3v) is 7.89. The Morgan fingerprint density at radius 3 is 1.48 bits per heavy atom. The van der Waals surface area contributed by atoms with Gasteiger partial charge in [0, 0.05) is 8.95 Å². The van der Waals surface area contributed by atoms with Crippen molar-refractivity contribution in [2.24, 2.45) is 5.92 Å². The van der Waals surface area contributed by atoms with Crippen LogP contribution in [0.2, 0.25) is 0 Å². The summed E-state index contributed by atoms with van der Waals surface area (Å²) in [6.07, 6.45) is 20.9. The molecule has 0 atom stereocenters. The lowest BCUT2D eigenvalue weighted by Gasteiger charge is -2.15. The molecule has 0 aromatic heterocycles. The smallest absolute Gasteiger partial charge is 0.0178 e. The molecule has 0 nitrogen and oxygen atoms in total. The van der Waals surface area contributed by atoms with Crippen LogP contribution in [0.1, 0.15) is 102 Å². The summed E-state index contributed by atoms with van der Waals surface area (Å²) in [7, 11) is 0. The third kappa shape index (κ3) is 8.35. The molecule has 0 bridgehead atoms. The molecule has 0 spiro atoms. The highest BCUT2D eigenvalue weighted by Gasteiger charge is 2.21. The van der Waals surface area contributed by atoms with Gasteiger partial charge in [0.05, 0.1) is 0 Å². The van der Waals surface area contributed by atoms with Gasteiger partial charge in [0.1, 0.15) is 0 Å². The van der Waals surface area contributed by atoms with Gasteiger partial charge < -0.3 is 0 Å². The molecule has 0 N–H and O–H groups in total. The highest BCUT2D eigenvalue weighted by atomic mass is 79.9. The number of halogens is 2. The van der Waals surface area contributed by atoms with E-state index in [0.717, 1.165) is 5.92 Å². The average Bonchev–Trinajstić information content (AvgIpc) is 2.89. The zero-order valence-corrected chi connectivity index (χ0v) is 22.6. The first-order chi connectivity index (χ1) is 15.2. The van der Waals surface area contributed by atoms with Gasteiger partial charge in [-0.1, -0.05) is 128 Å². The van der Waals surface area contributed by atoms with Gasteiger partial charge in [0.2, 0.25) is 0 Å². The SMILES string of the molecule is CCCCCCCCCCCCCCC1Cc2cc(Br)ccc2-c2ccc(Br)cc2C1. The second-order valence-corrected chi connectivity index (χ2v) is 11.4. The predicted molar refractivity (Wildman–Crippen MR) is 144 cm³/mol. The molecule has 0 amide bonds. The number of rotatable bonds is 13. The van der Waals surface area contributed by atoms with Crippen molar-refractivity contribution in [1.29, 1.82) is 0 Å². The largest absolute Gasteiger partial charge is 0.0654 e. The van der Waals surface area contributed by atoms with Crippen LogP contribution < -0.4 is 0 Å². The first-order valence-electron chi connectivity index (χ1n) is 12.7. The Kier molecular flexibility index (Phi) is 11.2. The normalized spacial score (nSPS) is 13.6. The summed E-state index contributed by atoms with van der Waals surface area (Å²) in [6, 6.07) is 13.7. The van der Waals surface area contributed by atoms with Crippen molar-refractivity contribution in [2.45, 2.75) is 103 Å². The fourth-order valence-corrected chi connectivity index (χ4v) is 5.98. The van der Waals surface area contributed by atoms with Crippen LogP contribution in [0.4, 0.5) is 0 Å². The van der Waals surface area contributed by atoms with Crippen LogP contribution in [0.5, 0.6) is 0 Å². The Balaban J connectivity index is 1.40. The molecular weight excluding hydrogens is 508 g/mol. The minimum atomic E-state index is 0.756. The Labute approximate surface area is 207 Å². The highest BCUT2D eigenvalue weighted by molar-refractivity contribution is 9.10. The zero-order valence-electron chi connectivity index (χ0n) is 19.4. The Morgan fingerprint density at radius 2 is 1.03 bits per heavy atom. The van der Waals surface area contributed by atoms with Crippen molar-refractivity contribution in [3.63, 3.8) is 0 Å². The van der Waals surface area contributed by atoms with Gasteiger partial charge in [0.15, 0.2) is 0 Å². The van der Waals surface area contributed by atoms with E-state index in [-0.39, 0.29) is 0 Å². The summed E-state index contributed by atoms with van der Waals surface area (Å²) < 4.78 is 2.41. The van der Waals surface area contributed by atoms with Crippen molar-refractivity contribution in [3.05, 3.63) is 56.5 Å². The van der Waals surface area contributed by atoms with E-state index in [2.05, 4.69) is 75.2 Å². The minimum Gasteiger partial charge on any atom is -0.0654 e. The second-order valence-electron chi connectivity index (χ2n) is 9.55. The first-order valence-corrected chi connectivity index (χ1v) is 14.3. The topological polar surface area (TPSA) is 0 Å². The van der Waals surface area contributed by atoms with Crippen LogP contribution in [-0.4, -0.2) is 0 Å². The lowest BCUT2D eigenvalue weighted by molar-refractivity contribution is 0.446. The molecule has 170 valence electrons. The van der Waals surface area contributed by atoms with Crippen molar-refractivity contribution in [1.82, 2.24) is 0 Å². The number of unbranched alkanes of at least 4 members (excludes halogenated alkanes) is 11. The van der Waals surface area contributed by atoms with Crippen LogP contribution in [0.15, 0.2) is 45.3 Å². The second kappa shape index (κ2) is 13.8. The maximum absolute atomic E-state index is 3.69. The van der Waals surface area contributed by atoms with Crippen LogP contribution in [0, 0.1) is 5.92 Å². The van der Waals surface area contributed by atoms with E-state index in [1.165, 1.54) is 128 Å². The van der Waals surface area contributed by atoms with Crippen molar-refractivity contribution < 1.29 is 0 Å². The molecule has 2 aromatic carbocycles. The Morgan fingerprint density at radius 1 is 0.613 bits per heavy atom. The average molecular weight is 548 g/mol. The first kappa shape index (κ1) is 25.0. The van der Waals surface area contributed by atoms with Gasteiger partial charge in [-0.05, 0) is 71.7 Å². The fourth-order valence-electron chi connectivity index (χ4n) is 5.16. The highest BCUT2D eigenvalue weighted by Crippen LogP contribution is 2.38. The van der Waals surface area contributed by atoms with Crippen LogP contribution in [0.25, 0.3) is 11.1 Å². The van der Waals surface area contributed by atoms with E-state index in [4.69, 9.17) is 0 Å². The molecule has 2 heteroatoms. The van der Waals surface area contributed by atoms with Gasteiger partial charge >= 0.3 is 0 Å². The van der Waals surface area contributed by atoms with Crippen LogP contribution >= 0.6 is 31.9 Å². The molecule has 1 aliphatic rings. The summed E-state index contributed by atoms with van der Waals surface area (Å²) in [5, 5.41) is 0. The van der Waals surface area contributed by atoms with Crippen molar-refractivity contribution in [3.8, 4) is 11.1 Å². The van der Waals surface area contributed by atoms with E-state index in [0.29, 0.717) is 0 Å². The molecule has 0 unspecified atom stereocenters. The van der Waals surface area contributed by atoms with E-state index >= 15 is 0 Å². The van der Waals surface area contributed by atoms with E-state index in [1.807, 2.05) is 0 Å². The molecule has 0 saturated carbocycles. The van der Waals surface area contributed by atoms with E-state index in [1.54, 1.807) is 0 Å². The monoisotopic (exact) mass is 546 g/mol. The molecule has 0 saturated heterocycles. The number of fused-ring (bicyclic) bond motifs is 3. The van der Waals surface area contributed by atoms with E-state index < -0.39 is 0 Å². The number of benzene rings is 2. The van der Waals surface area contributed by atoms with Gasteiger partial charge in [-0.3, -0.25) is 0 Å². The number of hydrogen-bond donors (Lipinski definition) is 0. The summed E-state index contributed by atoms with van der Waals surface area (Å²) in [5.41, 5.74) is 5.89. The Bertz CT molecular complexity index is 742. The molecule has 3 rings (SSSR count). The summed E-state index contributed by atoms with van der Waals surface area (Å²) in [4.78, 5) is 0. The number of hydrogen-bond acceptors (Lipinski definition) is 0. The van der Waals surface area contributed by atoms with Gasteiger partial charge in [-0.25, -0.2) is 0 Å². The fraction of sp³-hybridized carbons (Fsp3) is 0.586. The van der Waals surface area contributed by atoms with E-state index in [9.17, 15) is 0 Å². The molecule has 0 aliphatic heterocycles. The third-order valence-electron chi connectivity index (χ3n) is 6.91. The van der Waals surface area contributed by atoms with Crippen molar-refractivity contribution in [2.75, 3.05) is 0 Å². The van der Waals surface area contributed by atoms with Gasteiger partial charge in [-0.15, -0.1) is 0 Å². The van der Waals surface area contributed by atoms with Gasteiger partial charge in [-0.2, -0.15) is 0 Å². The molecule has 1 aliphatic carbocycles. The predicted octanol–water partition coefficient (Wildman–Crippen LogP) is 10.7. The molecule has 0 fully saturated rings. The summed E-state index contributed by atoms with van der Waals surface area (Å²) in [5.74, 6) is 0.756. The lowest BCUT2D eigenvalue weighted by Crippen LogP contribution is -2.07. The quantitative estimate of drug-likeness (QED) is 0.219.